The van der Waals surface area contributed by atoms with E-state index >= 15 is 0 Å². The second-order valence-corrected chi connectivity index (χ2v) is 4.95. The molecule has 12 heavy (non-hydrogen) atoms. The number of hydrazone groups is 1. The van der Waals surface area contributed by atoms with Gasteiger partial charge < -0.3 is 5.43 Å². The molecular formula is C10H20N2. The van der Waals surface area contributed by atoms with E-state index in [4.69, 9.17) is 0 Å². The van der Waals surface area contributed by atoms with Gasteiger partial charge in [0.15, 0.2) is 0 Å². The van der Waals surface area contributed by atoms with E-state index in [1.165, 1.54) is 5.71 Å². The summed E-state index contributed by atoms with van der Waals surface area (Å²) in [6.45, 7) is 9.95. The zero-order chi connectivity index (χ0) is 9.19. The summed E-state index contributed by atoms with van der Waals surface area (Å²) in [7, 11) is 0. The van der Waals surface area contributed by atoms with Crippen LogP contribution in [0, 0.1) is 11.3 Å². The molecule has 1 rings (SSSR count). The second kappa shape index (κ2) is 3.46. The Kier molecular flexibility index (Phi) is 2.76. The van der Waals surface area contributed by atoms with Gasteiger partial charge in [0.25, 0.3) is 0 Å². The normalized spacial score (nSPS) is 20.6. The lowest BCUT2D eigenvalue weighted by atomic mass is 9.71. The predicted octanol–water partition coefficient (Wildman–Crippen LogP) is 2.41. The molecule has 0 aliphatic heterocycles. The number of hydrogen-bond donors (Lipinski definition) is 1. The van der Waals surface area contributed by atoms with Crippen LogP contribution in [0.1, 0.15) is 40.5 Å². The highest BCUT2D eigenvalue weighted by Crippen LogP contribution is 2.37. The van der Waals surface area contributed by atoms with Crippen LogP contribution in [0.3, 0.4) is 0 Å². The molecule has 1 aliphatic rings. The van der Waals surface area contributed by atoms with Gasteiger partial charge >= 0.3 is 0 Å². The molecule has 0 aromatic heterocycles. The first-order valence-corrected chi connectivity index (χ1v) is 4.78. The number of nitrogens with one attached hydrogen (secondary N) is 1. The van der Waals surface area contributed by atoms with Crippen molar-refractivity contribution in [2.75, 3.05) is 6.54 Å². The fraction of sp³-hybridized carbons (Fsp3) is 0.900. The summed E-state index contributed by atoms with van der Waals surface area (Å²) in [6.07, 6.45) is 2.33. The van der Waals surface area contributed by atoms with Crippen LogP contribution in [-0.4, -0.2) is 12.3 Å². The van der Waals surface area contributed by atoms with Gasteiger partial charge in [-0.1, -0.05) is 27.7 Å². The van der Waals surface area contributed by atoms with E-state index in [0.717, 1.165) is 19.4 Å². The van der Waals surface area contributed by atoms with Crippen LogP contribution in [0.5, 0.6) is 0 Å². The molecule has 1 N–H and O–H groups in total. The quantitative estimate of drug-likeness (QED) is 0.643. The summed E-state index contributed by atoms with van der Waals surface area (Å²) >= 11 is 0. The summed E-state index contributed by atoms with van der Waals surface area (Å²) in [5.41, 5.74) is 4.96. The predicted molar refractivity (Wildman–Crippen MR) is 53.3 cm³/mol. The minimum absolute atomic E-state index is 0.512. The van der Waals surface area contributed by atoms with Crippen LogP contribution in [0.25, 0.3) is 0 Å². The monoisotopic (exact) mass is 168 g/mol. The Morgan fingerprint density at radius 1 is 1.42 bits per heavy atom. The van der Waals surface area contributed by atoms with Crippen LogP contribution in [0.15, 0.2) is 5.10 Å². The van der Waals surface area contributed by atoms with Gasteiger partial charge in [-0.05, 0) is 24.2 Å². The molecule has 0 spiro atoms. The first-order chi connectivity index (χ1) is 5.49. The van der Waals surface area contributed by atoms with E-state index in [0.29, 0.717) is 11.3 Å². The lowest BCUT2D eigenvalue weighted by Gasteiger charge is -2.35. The third kappa shape index (κ3) is 2.84. The van der Waals surface area contributed by atoms with Crippen molar-refractivity contribution in [1.29, 1.82) is 0 Å². The Morgan fingerprint density at radius 2 is 2.00 bits per heavy atom. The smallest absolute Gasteiger partial charge is 0.0389 e. The molecular weight excluding hydrogens is 148 g/mol. The van der Waals surface area contributed by atoms with Crippen LogP contribution < -0.4 is 5.43 Å². The highest BCUT2D eigenvalue weighted by molar-refractivity contribution is 5.90. The van der Waals surface area contributed by atoms with Gasteiger partial charge in [0, 0.05) is 12.3 Å². The Morgan fingerprint density at radius 3 is 2.42 bits per heavy atom. The molecule has 0 saturated heterocycles. The van der Waals surface area contributed by atoms with E-state index in [9.17, 15) is 0 Å². The highest BCUT2D eigenvalue weighted by atomic mass is 15.3. The van der Waals surface area contributed by atoms with Gasteiger partial charge in [-0.15, -0.1) is 0 Å². The molecule has 0 heterocycles. The minimum atomic E-state index is 0.512. The Hall–Kier alpha value is -0.530. The van der Waals surface area contributed by atoms with Crippen molar-refractivity contribution in [1.82, 2.24) is 5.43 Å². The summed E-state index contributed by atoms with van der Waals surface area (Å²) in [4.78, 5) is 0. The summed E-state index contributed by atoms with van der Waals surface area (Å²) in [5.74, 6) is 0.683. The van der Waals surface area contributed by atoms with Crippen LogP contribution in [0.2, 0.25) is 0 Å². The highest BCUT2D eigenvalue weighted by Gasteiger charge is 2.32. The lowest BCUT2D eigenvalue weighted by molar-refractivity contribution is 0.336. The average molecular weight is 168 g/mol. The van der Waals surface area contributed by atoms with Crippen molar-refractivity contribution in [2.24, 2.45) is 16.4 Å². The fourth-order valence-electron chi connectivity index (χ4n) is 1.47. The maximum Gasteiger partial charge on any atom is 0.0389 e. The molecule has 0 aromatic carbocycles. The van der Waals surface area contributed by atoms with Gasteiger partial charge in [0.2, 0.25) is 0 Å². The summed E-state index contributed by atoms with van der Waals surface area (Å²) in [5, 5.41) is 4.33. The largest absolute Gasteiger partial charge is 0.310 e. The Balaban J connectivity index is 2.15. The van der Waals surface area contributed by atoms with Crippen LogP contribution in [-0.2, 0) is 0 Å². The summed E-state index contributed by atoms with van der Waals surface area (Å²) < 4.78 is 0. The van der Waals surface area contributed by atoms with Gasteiger partial charge in [-0.25, -0.2) is 0 Å². The maximum absolute atomic E-state index is 4.33. The Bertz CT molecular complexity index is 170. The standard InChI is InChI=1S/C10H20N2/c1-8(2)7-11-12-9-5-10(3,4)6-9/h8,11H,5-7H2,1-4H3. The average Bonchev–Trinajstić information content (AvgIpc) is 1.82. The molecule has 2 heteroatoms. The second-order valence-electron chi connectivity index (χ2n) is 4.95. The lowest BCUT2D eigenvalue weighted by Crippen LogP contribution is -2.33. The van der Waals surface area contributed by atoms with Crippen molar-refractivity contribution in [3.8, 4) is 0 Å². The van der Waals surface area contributed by atoms with E-state index in [1.807, 2.05) is 0 Å². The number of nitrogens with zero attached hydrogens (tertiary/aromatic N) is 1. The molecule has 70 valence electrons. The van der Waals surface area contributed by atoms with E-state index in [2.05, 4.69) is 38.2 Å². The molecule has 2 nitrogen and oxygen atoms in total. The van der Waals surface area contributed by atoms with E-state index < -0.39 is 0 Å². The topological polar surface area (TPSA) is 24.4 Å². The first kappa shape index (κ1) is 9.56. The molecule has 1 fully saturated rings. The molecule has 0 unspecified atom stereocenters. The molecule has 1 saturated carbocycles. The van der Waals surface area contributed by atoms with E-state index in [-0.39, 0.29) is 0 Å². The zero-order valence-electron chi connectivity index (χ0n) is 8.65. The van der Waals surface area contributed by atoms with Crippen molar-refractivity contribution in [3.63, 3.8) is 0 Å². The van der Waals surface area contributed by atoms with Crippen LogP contribution in [0.4, 0.5) is 0 Å². The van der Waals surface area contributed by atoms with Crippen molar-refractivity contribution < 1.29 is 0 Å². The zero-order valence-corrected chi connectivity index (χ0v) is 8.65. The number of hydrogen-bond acceptors (Lipinski definition) is 2. The molecule has 0 amide bonds. The van der Waals surface area contributed by atoms with Gasteiger partial charge in [0.1, 0.15) is 0 Å². The van der Waals surface area contributed by atoms with Crippen molar-refractivity contribution >= 4 is 5.71 Å². The summed E-state index contributed by atoms with van der Waals surface area (Å²) in [6, 6.07) is 0. The SMILES string of the molecule is CC(C)CNN=C1CC(C)(C)C1. The molecule has 0 aromatic rings. The molecule has 1 aliphatic carbocycles. The van der Waals surface area contributed by atoms with Gasteiger partial charge in [-0.3, -0.25) is 0 Å². The van der Waals surface area contributed by atoms with E-state index in [1.54, 1.807) is 0 Å². The van der Waals surface area contributed by atoms with Gasteiger partial charge in [0.05, 0.1) is 0 Å². The third-order valence-corrected chi connectivity index (χ3v) is 2.10. The molecule has 0 bridgehead atoms. The minimum Gasteiger partial charge on any atom is -0.310 e. The first-order valence-electron chi connectivity index (χ1n) is 4.78. The Labute approximate surface area is 75.4 Å². The molecule has 0 radical (unpaired) electrons. The fourth-order valence-corrected chi connectivity index (χ4v) is 1.47. The molecule has 0 atom stereocenters. The third-order valence-electron chi connectivity index (χ3n) is 2.10. The van der Waals surface area contributed by atoms with Gasteiger partial charge in [-0.2, -0.15) is 5.10 Å². The van der Waals surface area contributed by atoms with Crippen LogP contribution >= 0.6 is 0 Å². The maximum atomic E-state index is 4.33. The van der Waals surface area contributed by atoms with Crippen molar-refractivity contribution in [2.45, 2.75) is 40.5 Å². The number of rotatable bonds is 3. The van der Waals surface area contributed by atoms with Crippen molar-refractivity contribution in [3.05, 3.63) is 0 Å².